The molecule has 0 saturated carbocycles. The van der Waals surface area contributed by atoms with E-state index >= 15 is 0 Å². The van der Waals surface area contributed by atoms with Gasteiger partial charge in [-0.3, -0.25) is 10.1 Å². The Balaban J connectivity index is 1.63. The van der Waals surface area contributed by atoms with Crippen LogP contribution in [0, 0.1) is 6.92 Å². The van der Waals surface area contributed by atoms with Crippen LogP contribution in [-0.2, 0) is 16.6 Å². The predicted molar refractivity (Wildman–Crippen MR) is 101 cm³/mol. The molecule has 0 atom stereocenters. The number of fused-ring (bicyclic) bond motifs is 1. The Morgan fingerprint density at radius 2 is 2.00 bits per heavy atom. The standard InChI is InChI=1S/C18H18N6O2S/c1-12-7-13-9-21-23-18(13)16(8-12)27(25,26)24(2)11-17-20-10-15(22-17)14-5-3-4-6-19-14/h3-10H,11H2,1-2H3,(H,20,22)(H,21,23). The van der Waals surface area contributed by atoms with Gasteiger partial charge in [0.15, 0.2) is 0 Å². The van der Waals surface area contributed by atoms with Gasteiger partial charge in [-0.05, 0) is 36.8 Å². The summed E-state index contributed by atoms with van der Waals surface area (Å²) in [5.41, 5.74) is 2.84. The Morgan fingerprint density at radius 3 is 2.78 bits per heavy atom. The molecule has 3 aromatic heterocycles. The molecule has 3 heterocycles. The quantitative estimate of drug-likeness (QED) is 0.551. The first-order valence-electron chi connectivity index (χ1n) is 8.30. The fraction of sp³-hybridized carbons (Fsp3) is 0.167. The molecule has 9 heteroatoms. The van der Waals surface area contributed by atoms with Crippen molar-refractivity contribution in [3.63, 3.8) is 0 Å². The molecule has 0 radical (unpaired) electrons. The number of aromatic amines is 2. The van der Waals surface area contributed by atoms with Crippen LogP contribution in [0.15, 0.2) is 53.8 Å². The number of rotatable bonds is 5. The van der Waals surface area contributed by atoms with Gasteiger partial charge in [0.1, 0.15) is 10.7 Å². The Hall–Kier alpha value is -3.04. The van der Waals surface area contributed by atoms with Crippen LogP contribution in [0.25, 0.3) is 22.3 Å². The third kappa shape index (κ3) is 3.22. The average Bonchev–Trinajstić information content (AvgIpc) is 3.31. The molecule has 8 nitrogen and oxygen atoms in total. The van der Waals surface area contributed by atoms with E-state index in [-0.39, 0.29) is 11.4 Å². The molecular weight excluding hydrogens is 364 g/mol. The van der Waals surface area contributed by atoms with Crippen molar-refractivity contribution in [2.45, 2.75) is 18.4 Å². The molecule has 0 saturated heterocycles. The zero-order valence-corrected chi connectivity index (χ0v) is 15.7. The Bertz CT molecular complexity index is 1200. The second-order valence-corrected chi connectivity index (χ2v) is 8.33. The third-order valence-electron chi connectivity index (χ3n) is 4.29. The van der Waals surface area contributed by atoms with Gasteiger partial charge in [0.25, 0.3) is 0 Å². The van der Waals surface area contributed by atoms with E-state index in [0.717, 1.165) is 22.3 Å². The molecule has 0 aliphatic heterocycles. The van der Waals surface area contributed by atoms with Crippen molar-refractivity contribution >= 4 is 20.9 Å². The Morgan fingerprint density at radius 1 is 1.15 bits per heavy atom. The topological polar surface area (TPSA) is 108 Å². The lowest BCUT2D eigenvalue weighted by Crippen LogP contribution is -2.27. The first-order chi connectivity index (χ1) is 12.9. The summed E-state index contributed by atoms with van der Waals surface area (Å²) in [4.78, 5) is 11.9. The number of aromatic nitrogens is 5. The summed E-state index contributed by atoms with van der Waals surface area (Å²) in [7, 11) is -2.19. The lowest BCUT2D eigenvalue weighted by Gasteiger charge is -2.17. The number of sulfonamides is 1. The molecule has 0 aliphatic carbocycles. The summed E-state index contributed by atoms with van der Waals surface area (Å²) >= 11 is 0. The van der Waals surface area contributed by atoms with Crippen LogP contribution < -0.4 is 0 Å². The summed E-state index contributed by atoms with van der Waals surface area (Å²) < 4.78 is 27.5. The summed E-state index contributed by atoms with van der Waals surface area (Å²) in [5, 5.41) is 7.50. The number of hydrogen-bond donors (Lipinski definition) is 2. The largest absolute Gasteiger partial charge is 0.340 e. The lowest BCUT2D eigenvalue weighted by molar-refractivity contribution is 0.458. The molecule has 4 rings (SSSR count). The van der Waals surface area contributed by atoms with E-state index in [4.69, 9.17) is 0 Å². The number of hydrogen-bond acceptors (Lipinski definition) is 5. The minimum atomic E-state index is -3.73. The first kappa shape index (κ1) is 17.4. The van der Waals surface area contributed by atoms with E-state index in [2.05, 4.69) is 25.1 Å². The van der Waals surface area contributed by atoms with Crippen LogP contribution in [0.2, 0.25) is 0 Å². The molecule has 0 unspecified atom stereocenters. The molecule has 0 aliphatic rings. The Kier molecular flexibility index (Phi) is 4.25. The van der Waals surface area contributed by atoms with Gasteiger partial charge >= 0.3 is 0 Å². The lowest BCUT2D eigenvalue weighted by atomic mass is 10.2. The smallest absolute Gasteiger partial charge is 0.245 e. The second-order valence-electron chi connectivity index (χ2n) is 6.32. The molecule has 0 spiro atoms. The van der Waals surface area contributed by atoms with Crippen LogP contribution >= 0.6 is 0 Å². The van der Waals surface area contributed by atoms with Gasteiger partial charge < -0.3 is 4.98 Å². The number of benzene rings is 1. The fourth-order valence-corrected chi connectivity index (χ4v) is 4.31. The highest BCUT2D eigenvalue weighted by molar-refractivity contribution is 7.89. The molecule has 27 heavy (non-hydrogen) atoms. The molecule has 4 aromatic rings. The molecule has 0 amide bonds. The zero-order chi connectivity index (χ0) is 19.0. The van der Waals surface area contributed by atoms with E-state index in [1.165, 1.54) is 11.4 Å². The SMILES string of the molecule is Cc1cc(S(=O)(=O)N(C)Cc2ncc(-c3ccccn3)[nH]2)c2[nH]ncc2c1. The molecule has 0 bridgehead atoms. The molecular formula is C18H18N6O2S. The van der Waals surface area contributed by atoms with Gasteiger partial charge in [0.2, 0.25) is 10.0 Å². The summed E-state index contributed by atoms with van der Waals surface area (Å²) in [6.07, 6.45) is 4.96. The minimum absolute atomic E-state index is 0.110. The molecule has 0 fully saturated rings. The van der Waals surface area contributed by atoms with Crippen molar-refractivity contribution in [3.05, 3.63) is 60.3 Å². The number of aryl methyl sites for hydroxylation is 1. The fourth-order valence-electron chi connectivity index (χ4n) is 2.93. The van der Waals surface area contributed by atoms with E-state index in [9.17, 15) is 8.42 Å². The van der Waals surface area contributed by atoms with E-state index < -0.39 is 10.0 Å². The van der Waals surface area contributed by atoms with Crippen LogP contribution in [0.3, 0.4) is 0 Å². The van der Waals surface area contributed by atoms with Crippen LogP contribution in [0.1, 0.15) is 11.4 Å². The zero-order valence-electron chi connectivity index (χ0n) is 14.8. The van der Waals surface area contributed by atoms with Gasteiger partial charge in [0.05, 0.1) is 35.8 Å². The van der Waals surface area contributed by atoms with E-state index in [1.807, 2.05) is 31.2 Å². The summed E-state index contributed by atoms with van der Waals surface area (Å²) in [6.45, 7) is 1.97. The van der Waals surface area contributed by atoms with E-state index in [0.29, 0.717) is 11.3 Å². The predicted octanol–water partition coefficient (Wildman–Crippen LogP) is 2.48. The first-order valence-corrected chi connectivity index (χ1v) is 9.74. The second kappa shape index (κ2) is 6.60. The molecule has 1 aromatic carbocycles. The van der Waals surface area contributed by atoms with Gasteiger partial charge in [0, 0.05) is 18.6 Å². The average molecular weight is 382 g/mol. The maximum atomic E-state index is 13.1. The van der Waals surface area contributed by atoms with Crippen LogP contribution in [0.4, 0.5) is 0 Å². The number of H-pyrrole nitrogens is 2. The van der Waals surface area contributed by atoms with Crippen molar-refractivity contribution in [1.82, 2.24) is 29.5 Å². The van der Waals surface area contributed by atoms with Crippen molar-refractivity contribution in [1.29, 1.82) is 0 Å². The Labute approximate surface area is 156 Å². The normalized spacial score (nSPS) is 12.1. The van der Waals surface area contributed by atoms with Gasteiger partial charge in [-0.15, -0.1) is 0 Å². The van der Waals surface area contributed by atoms with Crippen molar-refractivity contribution in [2.24, 2.45) is 0 Å². The van der Waals surface area contributed by atoms with Gasteiger partial charge in [-0.1, -0.05) is 6.07 Å². The van der Waals surface area contributed by atoms with Crippen LogP contribution in [0.5, 0.6) is 0 Å². The highest BCUT2D eigenvalue weighted by Gasteiger charge is 2.25. The number of imidazole rings is 1. The monoisotopic (exact) mass is 382 g/mol. The van der Waals surface area contributed by atoms with Gasteiger partial charge in [-0.25, -0.2) is 13.4 Å². The summed E-state index contributed by atoms with van der Waals surface area (Å²) in [5.74, 6) is 0.537. The molecule has 138 valence electrons. The molecule has 2 N–H and O–H groups in total. The van der Waals surface area contributed by atoms with Crippen LogP contribution in [-0.4, -0.2) is 44.9 Å². The van der Waals surface area contributed by atoms with Gasteiger partial charge in [-0.2, -0.15) is 9.40 Å². The van der Waals surface area contributed by atoms with Crippen molar-refractivity contribution in [3.8, 4) is 11.4 Å². The highest BCUT2D eigenvalue weighted by atomic mass is 32.2. The maximum absolute atomic E-state index is 13.1. The summed E-state index contributed by atoms with van der Waals surface area (Å²) in [6, 6.07) is 9.11. The van der Waals surface area contributed by atoms with Crippen molar-refractivity contribution < 1.29 is 8.42 Å². The third-order valence-corrected chi connectivity index (χ3v) is 6.11. The minimum Gasteiger partial charge on any atom is -0.340 e. The van der Waals surface area contributed by atoms with E-state index in [1.54, 1.807) is 24.7 Å². The number of nitrogens with one attached hydrogen (secondary N) is 2. The maximum Gasteiger partial charge on any atom is 0.245 e. The number of nitrogens with zero attached hydrogens (tertiary/aromatic N) is 4. The highest BCUT2D eigenvalue weighted by Crippen LogP contribution is 2.26. The van der Waals surface area contributed by atoms with Crippen molar-refractivity contribution in [2.75, 3.05) is 7.05 Å². The number of pyridine rings is 1.